The van der Waals surface area contributed by atoms with E-state index in [2.05, 4.69) is 31.2 Å². The number of nitrogens with zero attached hydrogens (tertiary/aromatic N) is 3. The molecule has 0 atom stereocenters. The highest BCUT2D eigenvalue weighted by Gasteiger charge is 2.08. The third kappa shape index (κ3) is 3.84. The molecule has 23 heavy (non-hydrogen) atoms. The third-order valence-corrected chi connectivity index (χ3v) is 3.88. The molecule has 0 unspecified atom stereocenters. The first-order chi connectivity index (χ1) is 11.2. The molecule has 6 heteroatoms. The fraction of sp³-hybridized carbons (Fsp3) is 0.118. The van der Waals surface area contributed by atoms with E-state index in [1.54, 1.807) is 24.5 Å². The van der Waals surface area contributed by atoms with Gasteiger partial charge in [-0.3, -0.25) is 9.78 Å². The average Bonchev–Trinajstić information content (AvgIpc) is 3.05. The predicted molar refractivity (Wildman–Crippen MR) is 91.9 cm³/mol. The summed E-state index contributed by atoms with van der Waals surface area (Å²) in [4.78, 5) is 20.7. The highest BCUT2D eigenvalue weighted by molar-refractivity contribution is 9.10. The van der Waals surface area contributed by atoms with E-state index in [4.69, 9.17) is 0 Å². The van der Waals surface area contributed by atoms with Gasteiger partial charge in [0.05, 0.1) is 0 Å². The molecule has 1 aromatic carbocycles. The van der Waals surface area contributed by atoms with Gasteiger partial charge in [-0.15, -0.1) is 0 Å². The second kappa shape index (κ2) is 7.19. The van der Waals surface area contributed by atoms with Crippen LogP contribution in [0.1, 0.15) is 10.4 Å². The van der Waals surface area contributed by atoms with Crippen LogP contribution in [0.3, 0.4) is 0 Å². The van der Waals surface area contributed by atoms with Crippen molar-refractivity contribution < 1.29 is 4.79 Å². The molecule has 0 bridgehead atoms. The lowest BCUT2D eigenvalue weighted by Gasteiger charge is -2.09. The van der Waals surface area contributed by atoms with Gasteiger partial charge in [0.25, 0.3) is 5.91 Å². The molecule has 3 rings (SSSR count). The molecule has 116 valence electrons. The molecule has 0 aliphatic carbocycles. The molecular weight excluding hydrogens is 356 g/mol. The Kier molecular flexibility index (Phi) is 4.83. The number of carbonyl (C=O) groups excluding carboxylic acids is 1. The quantitative estimate of drug-likeness (QED) is 0.750. The Morgan fingerprint density at radius 3 is 2.65 bits per heavy atom. The molecule has 1 N–H and O–H groups in total. The Hall–Kier alpha value is -2.47. The number of aromatic nitrogens is 3. The van der Waals surface area contributed by atoms with Crippen LogP contribution in [-0.2, 0) is 6.54 Å². The molecule has 2 heterocycles. The lowest BCUT2D eigenvalue weighted by atomic mass is 10.2. The molecule has 3 aromatic rings. The molecule has 0 aliphatic heterocycles. The van der Waals surface area contributed by atoms with Gasteiger partial charge in [0, 0.05) is 41.7 Å². The number of amides is 1. The van der Waals surface area contributed by atoms with Gasteiger partial charge >= 0.3 is 0 Å². The maximum absolute atomic E-state index is 12.1. The number of hydrogen-bond acceptors (Lipinski definition) is 3. The summed E-state index contributed by atoms with van der Waals surface area (Å²) in [5.74, 6) is 0.709. The Morgan fingerprint density at radius 2 is 1.91 bits per heavy atom. The summed E-state index contributed by atoms with van der Waals surface area (Å²) in [5, 5.41) is 2.91. The zero-order valence-corrected chi connectivity index (χ0v) is 13.9. The van der Waals surface area contributed by atoms with Gasteiger partial charge in [0.2, 0.25) is 0 Å². The van der Waals surface area contributed by atoms with Crippen LogP contribution in [-0.4, -0.2) is 27.0 Å². The molecule has 0 saturated carbocycles. The maximum atomic E-state index is 12.1. The van der Waals surface area contributed by atoms with Gasteiger partial charge in [0.1, 0.15) is 5.69 Å². The van der Waals surface area contributed by atoms with Gasteiger partial charge < -0.3 is 9.88 Å². The predicted octanol–water partition coefficient (Wildman–Crippen LogP) is 3.14. The monoisotopic (exact) mass is 370 g/mol. The first kappa shape index (κ1) is 15.4. The van der Waals surface area contributed by atoms with Crippen LogP contribution >= 0.6 is 15.9 Å². The number of halogens is 1. The lowest BCUT2D eigenvalue weighted by molar-refractivity contribution is 0.0952. The standard InChI is InChI=1S/C17H15BrN4O/c18-14-6-4-13(5-7-14)17(23)21-10-12-22-11-9-20-16(22)15-3-1-2-8-19-15/h1-9,11H,10,12H2,(H,21,23). The van der Waals surface area contributed by atoms with E-state index >= 15 is 0 Å². The highest BCUT2D eigenvalue weighted by Crippen LogP contribution is 2.13. The van der Waals surface area contributed by atoms with Crippen LogP contribution in [0.4, 0.5) is 0 Å². The van der Waals surface area contributed by atoms with E-state index in [-0.39, 0.29) is 5.91 Å². The first-order valence-electron chi connectivity index (χ1n) is 7.20. The molecule has 0 spiro atoms. The molecule has 2 aromatic heterocycles. The lowest BCUT2D eigenvalue weighted by Crippen LogP contribution is -2.27. The van der Waals surface area contributed by atoms with Crippen LogP contribution < -0.4 is 5.32 Å². The molecule has 0 aliphatic rings. The smallest absolute Gasteiger partial charge is 0.251 e. The summed E-state index contributed by atoms with van der Waals surface area (Å²) >= 11 is 3.36. The summed E-state index contributed by atoms with van der Waals surface area (Å²) < 4.78 is 2.93. The van der Waals surface area contributed by atoms with E-state index in [1.165, 1.54) is 0 Å². The Labute approximate surface area is 142 Å². The minimum Gasteiger partial charge on any atom is -0.350 e. The van der Waals surface area contributed by atoms with E-state index in [1.807, 2.05) is 41.1 Å². The van der Waals surface area contributed by atoms with E-state index < -0.39 is 0 Å². The van der Waals surface area contributed by atoms with Crippen LogP contribution in [0.25, 0.3) is 11.5 Å². The number of benzene rings is 1. The first-order valence-corrected chi connectivity index (χ1v) is 7.99. The second-order valence-corrected chi connectivity index (χ2v) is 5.84. The summed E-state index contributed by atoms with van der Waals surface area (Å²) in [7, 11) is 0. The van der Waals surface area contributed by atoms with Crippen LogP contribution in [0.15, 0.2) is 65.5 Å². The summed E-state index contributed by atoms with van der Waals surface area (Å²) in [6.07, 6.45) is 5.36. The van der Waals surface area contributed by atoms with Gasteiger partial charge in [-0.2, -0.15) is 0 Å². The van der Waals surface area contributed by atoms with Crippen molar-refractivity contribution in [3.05, 3.63) is 71.1 Å². The number of hydrogen-bond donors (Lipinski definition) is 1. The van der Waals surface area contributed by atoms with Crippen molar-refractivity contribution in [3.63, 3.8) is 0 Å². The minimum absolute atomic E-state index is 0.0861. The molecule has 5 nitrogen and oxygen atoms in total. The third-order valence-electron chi connectivity index (χ3n) is 3.35. The maximum Gasteiger partial charge on any atom is 0.251 e. The highest BCUT2D eigenvalue weighted by atomic mass is 79.9. The van der Waals surface area contributed by atoms with E-state index in [0.717, 1.165) is 16.0 Å². The Morgan fingerprint density at radius 1 is 1.09 bits per heavy atom. The van der Waals surface area contributed by atoms with Crippen molar-refractivity contribution in [3.8, 4) is 11.5 Å². The normalized spacial score (nSPS) is 10.5. The van der Waals surface area contributed by atoms with Crippen LogP contribution in [0.2, 0.25) is 0 Å². The summed E-state index contributed by atoms with van der Waals surface area (Å²) in [6.45, 7) is 1.15. The fourth-order valence-corrected chi connectivity index (χ4v) is 2.48. The van der Waals surface area contributed by atoms with Gasteiger partial charge in [-0.1, -0.05) is 22.0 Å². The van der Waals surface area contributed by atoms with Crippen molar-refractivity contribution in [1.29, 1.82) is 0 Å². The van der Waals surface area contributed by atoms with Crippen molar-refractivity contribution in [2.75, 3.05) is 6.54 Å². The van der Waals surface area contributed by atoms with Gasteiger partial charge in [0.15, 0.2) is 5.82 Å². The second-order valence-electron chi connectivity index (χ2n) is 4.92. The number of rotatable bonds is 5. The zero-order chi connectivity index (χ0) is 16.1. The van der Waals surface area contributed by atoms with E-state index in [0.29, 0.717) is 18.7 Å². The largest absolute Gasteiger partial charge is 0.350 e. The van der Waals surface area contributed by atoms with Crippen molar-refractivity contribution >= 4 is 21.8 Å². The molecule has 0 radical (unpaired) electrons. The molecular formula is C17H15BrN4O. The molecule has 0 fully saturated rings. The summed E-state index contributed by atoms with van der Waals surface area (Å²) in [5.41, 5.74) is 1.46. The van der Waals surface area contributed by atoms with Gasteiger partial charge in [-0.05, 0) is 36.4 Å². The van der Waals surface area contributed by atoms with Crippen LogP contribution in [0, 0.1) is 0 Å². The van der Waals surface area contributed by atoms with Gasteiger partial charge in [-0.25, -0.2) is 4.98 Å². The van der Waals surface area contributed by atoms with Crippen LogP contribution in [0.5, 0.6) is 0 Å². The summed E-state index contributed by atoms with van der Waals surface area (Å²) in [6, 6.07) is 13.0. The molecule has 0 saturated heterocycles. The van der Waals surface area contributed by atoms with E-state index in [9.17, 15) is 4.79 Å². The number of nitrogens with one attached hydrogen (secondary N) is 1. The number of carbonyl (C=O) groups is 1. The SMILES string of the molecule is O=C(NCCn1ccnc1-c1ccccn1)c1ccc(Br)cc1. The van der Waals surface area contributed by atoms with Crippen molar-refractivity contribution in [2.45, 2.75) is 6.54 Å². The molecule has 1 amide bonds. The van der Waals surface area contributed by atoms with Crippen molar-refractivity contribution in [2.24, 2.45) is 0 Å². The zero-order valence-electron chi connectivity index (χ0n) is 12.3. The van der Waals surface area contributed by atoms with Crippen molar-refractivity contribution in [1.82, 2.24) is 19.9 Å². The topological polar surface area (TPSA) is 59.8 Å². The fourth-order valence-electron chi connectivity index (χ4n) is 2.21. The number of imidazole rings is 1. The Balaban J connectivity index is 1.60. The minimum atomic E-state index is -0.0861. The average molecular weight is 371 g/mol. The Bertz CT molecular complexity index is 784. The number of pyridine rings is 1.